The van der Waals surface area contributed by atoms with Crippen LogP contribution in [-0.2, 0) is 0 Å². The molecule has 8 rings (SSSR count). The number of nitrogens with one attached hydrogen (secondary N) is 1. The van der Waals surface area contributed by atoms with Gasteiger partial charge in [-0.15, -0.1) is 0 Å². The number of hydrogen-bond acceptors (Lipinski definition) is 4. The molecule has 1 atom stereocenters. The van der Waals surface area contributed by atoms with Crippen molar-refractivity contribution in [3.8, 4) is 11.1 Å². The van der Waals surface area contributed by atoms with Gasteiger partial charge in [-0.3, -0.25) is 0 Å². The molecule has 41 heavy (non-hydrogen) atoms. The number of amidine groups is 2. The molecule has 2 heterocycles. The number of rotatable bonds is 4. The summed E-state index contributed by atoms with van der Waals surface area (Å²) in [5, 5.41) is 8.14. The van der Waals surface area contributed by atoms with Gasteiger partial charge in [-0.05, 0) is 51.7 Å². The van der Waals surface area contributed by atoms with Crippen LogP contribution in [0, 0.1) is 0 Å². The number of fused-ring (bicyclic) bond motifs is 4. The van der Waals surface area contributed by atoms with Crippen molar-refractivity contribution in [1.82, 2.24) is 5.32 Å². The molecule has 6 aromatic carbocycles. The molecule has 1 N–H and O–H groups in total. The van der Waals surface area contributed by atoms with Crippen molar-refractivity contribution in [2.45, 2.75) is 6.17 Å². The molecular weight excluding hydrogens is 502 g/mol. The first-order valence-corrected chi connectivity index (χ1v) is 13.8. The fraction of sp³-hybridized carbons (Fsp3) is 0.0270. The summed E-state index contributed by atoms with van der Waals surface area (Å²) >= 11 is 0. The summed E-state index contributed by atoms with van der Waals surface area (Å²) in [6.45, 7) is 0. The Hall–Kier alpha value is -5.48. The number of para-hydroxylation sites is 1. The van der Waals surface area contributed by atoms with Gasteiger partial charge in [0.2, 0.25) is 0 Å². The minimum Gasteiger partial charge on any atom is -0.456 e. The molecule has 0 radical (unpaired) electrons. The summed E-state index contributed by atoms with van der Waals surface area (Å²) in [4.78, 5) is 10.2. The SMILES string of the molecule is c1ccc(C2=NC(c3ccccc3)N=C(c3cc(-c4cccc5oc6ccccc6c45)c4ccccc4c3)N2)cc1. The third kappa shape index (κ3) is 4.09. The van der Waals surface area contributed by atoms with Crippen LogP contribution in [0.2, 0.25) is 0 Å². The molecule has 4 nitrogen and oxygen atoms in total. The van der Waals surface area contributed by atoms with E-state index in [9.17, 15) is 0 Å². The first kappa shape index (κ1) is 23.4. The molecule has 0 amide bonds. The Balaban J connectivity index is 1.35. The summed E-state index contributed by atoms with van der Waals surface area (Å²) < 4.78 is 6.25. The molecule has 0 aliphatic carbocycles. The third-order valence-corrected chi connectivity index (χ3v) is 7.71. The molecule has 4 heteroatoms. The highest BCUT2D eigenvalue weighted by Gasteiger charge is 2.22. The summed E-state index contributed by atoms with van der Waals surface area (Å²) in [6.07, 6.45) is -0.348. The maximum absolute atomic E-state index is 6.25. The quantitative estimate of drug-likeness (QED) is 0.248. The van der Waals surface area contributed by atoms with Crippen LogP contribution in [0.1, 0.15) is 22.9 Å². The second-order valence-electron chi connectivity index (χ2n) is 10.3. The first-order valence-electron chi connectivity index (χ1n) is 13.8. The van der Waals surface area contributed by atoms with Gasteiger partial charge in [0, 0.05) is 21.9 Å². The van der Waals surface area contributed by atoms with Gasteiger partial charge in [-0.2, -0.15) is 0 Å². The predicted molar refractivity (Wildman–Crippen MR) is 168 cm³/mol. The molecule has 1 aromatic heterocycles. The van der Waals surface area contributed by atoms with Crippen LogP contribution < -0.4 is 5.32 Å². The van der Waals surface area contributed by atoms with E-state index in [2.05, 4.69) is 90.2 Å². The molecule has 1 unspecified atom stereocenters. The van der Waals surface area contributed by atoms with Crippen molar-refractivity contribution < 1.29 is 4.42 Å². The van der Waals surface area contributed by atoms with E-state index in [4.69, 9.17) is 14.4 Å². The average Bonchev–Trinajstić information content (AvgIpc) is 3.44. The minimum atomic E-state index is -0.348. The highest BCUT2D eigenvalue weighted by molar-refractivity contribution is 6.19. The monoisotopic (exact) mass is 527 g/mol. The molecular formula is C37H25N3O. The summed E-state index contributed by atoms with van der Waals surface area (Å²) in [7, 11) is 0. The van der Waals surface area contributed by atoms with Gasteiger partial charge in [0.25, 0.3) is 0 Å². The van der Waals surface area contributed by atoms with E-state index in [1.807, 2.05) is 54.6 Å². The number of aliphatic imine (C=N–C) groups is 2. The van der Waals surface area contributed by atoms with Crippen LogP contribution in [-0.4, -0.2) is 11.7 Å². The zero-order valence-corrected chi connectivity index (χ0v) is 22.2. The van der Waals surface area contributed by atoms with Crippen LogP contribution in [0.4, 0.5) is 0 Å². The maximum atomic E-state index is 6.25. The normalized spacial score (nSPS) is 15.1. The lowest BCUT2D eigenvalue weighted by atomic mass is 9.92. The van der Waals surface area contributed by atoms with Crippen LogP contribution in [0.25, 0.3) is 43.8 Å². The Bertz CT molecular complexity index is 2120. The molecule has 1 aliphatic heterocycles. The van der Waals surface area contributed by atoms with Crippen LogP contribution >= 0.6 is 0 Å². The highest BCUT2D eigenvalue weighted by atomic mass is 16.3. The smallest absolute Gasteiger partial charge is 0.169 e. The van der Waals surface area contributed by atoms with Gasteiger partial charge < -0.3 is 9.73 Å². The third-order valence-electron chi connectivity index (χ3n) is 7.71. The zero-order chi connectivity index (χ0) is 27.2. The summed E-state index contributed by atoms with van der Waals surface area (Å²) in [5.74, 6) is 1.60. The fourth-order valence-electron chi connectivity index (χ4n) is 5.78. The van der Waals surface area contributed by atoms with Crippen molar-refractivity contribution in [2.75, 3.05) is 0 Å². The van der Waals surface area contributed by atoms with E-state index in [-0.39, 0.29) is 6.17 Å². The summed E-state index contributed by atoms with van der Waals surface area (Å²) in [6, 6.07) is 48.1. The zero-order valence-electron chi connectivity index (χ0n) is 22.2. The molecule has 194 valence electrons. The molecule has 0 saturated carbocycles. The number of furan rings is 1. The molecule has 0 saturated heterocycles. The van der Waals surface area contributed by atoms with Crippen LogP contribution in [0.15, 0.2) is 154 Å². The lowest BCUT2D eigenvalue weighted by molar-refractivity contribution is 0.669. The maximum Gasteiger partial charge on any atom is 0.169 e. The Labute approximate surface area is 237 Å². The second kappa shape index (κ2) is 9.61. The number of hydrogen-bond donors (Lipinski definition) is 1. The van der Waals surface area contributed by atoms with E-state index in [1.165, 1.54) is 5.39 Å². The topological polar surface area (TPSA) is 49.9 Å². The van der Waals surface area contributed by atoms with E-state index in [1.54, 1.807) is 0 Å². The van der Waals surface area contributed by atoms with Crippen molar-refractivity contribution in [2.24, 2.45) is 9.98 Å². The van der Waals surface area contributed by atoms with E-state index < -0.39 is 0 Å². The fourth-order valence-corrected chi connectivity index (χ4v) is 5.78. The van der Waals surface area contributed by atoms with Crippen molar-refractivity contribution in [3.63, 3.8) is 0 Å². The Morgan fingerprint density at radius 1 is 0.512 bits per heavy atom. The van der Waals surface area contributed by atoms with Gasteiger partial charge in [0.15, 0.2) is 6.17 Å². The standard InChI is InChI=1S/C37H25N3O/c1-3-12-24(13-4-1)35-38-36(25-14-5-2-6-15-25)40-37(39-35)27-22-26-16-7-8-17-28(26)31(23-27)29-19-11-21-33-34(29)30-18-9-10-20-32(30)41-33/h1-23,35H,(H,38,39,40). The molecule has 7 aromatic rings. The van der Waals surface area contributed by atoms with Gasteiger partial charge in [0.05, 0.1) is 0 Å². The van der Waals surface area contributed by atoms with E-state index in [0.29, 0.717) is 0 Å². The lowest BCUT2D eigenvalue weighted by Crippen LogP contribution is -2.36. The van der Waals surface area contributed by atoms with Gasteiger partial charge in [0.1, 0.15) is 22.8 Å². The van der Waals surface area contributed by atoms with Crippen LogP contribution in [0.3, 0.4) is 0 Å². The van der Waals surface area contributed by atoms with Gasteiger partial charge >= 0.3 is 0 Å². The van der Waals surface area contributed by atoms with Crippen molar-refractivity contribution in [3.05, 3.63) is 156 Å². The Morgan fingerprint density at radius 3 is 2.00 bits per heavy atom. The van der Waals surface area contributed by atoms with Crippen molar-refractivity contribution >= 4 is 44.4 Å². The predicted octanol–water partition coefficient (Wildman–Crippen LogP) is 8.90. The number of nitrogens with zero attached hydrogens (tertiary/aromatic N) is 2. The van der Waals surface area contributed by atoms with E-state index >= 15 is 0 Å². The average molecular weight is 528 g/mol. The first-order chi connectivity index (χ1) is 20.3. The summed E-state index contributed by atoms with van der Waals surface area (Å²) in [5.41, 5.74) is 7.13. The lowest BCUT2D eigenvalue weighted by Gasteiger charge is -2.23. The highest BCUT2D eigenvalue weighted by Crippen LogP contribution is 2.40. The molecule has 0 bridgehead atoms. The largest absolute Gasteiger partial charge is 0.456 e. The minimum absolute atomic E-state index is 0.348. The molecule has 1 aliphatic rings. The Morgan fingerprint density at radius 2 is 1.17 bits per heavy atom. The van der Waals surface area contributed by atoms with Gasteiger partial charge in [-0.25, -0.2) is 9.98 Å². The Kier molecular flexibility index (Phi) is 5.49. The molecule has 0 spiro atoms. The van der Waals surface area contributed by atoms with E-state index in [0.717, 1.165) is 66.8 Å². The van der Waals surface area contributed by atoms with Gasteiger partial charge in [-0.1, -0.05) is 115 Å². The molecule has 0 fully saturated rings. The second-order valence-corrected chi connectivity index (χ2v) is 10.3. The number of benzene rings is 6. The van der Waals surface area contributed by atoms with Crippen molar-refractivity contribution in [1.29, 1.82) is 0 Å². The van der Waals surface area contributed by atoms with Crippen LogP contribution in [0.5, 0.6) is 0 Å².